The number of fused-ring (bicyclic) bond motifs is 2. The van der Waals surface area contributed by atoms with Crippen molar-refractivity contribution in [3.63, 3.8) is 0 Å². The molecule has 1 spiro atoms. The number of halogens is 1. The Kier molecular flexibility index (Phi) is 10.0. The molecule has 1 aromatic carbocycles. The van der Waals surface area contributed by atoms with Crippen molar-refractivity contribution in [2.24, 2.45) is 17.3 Å². The lowest BCUT2D eigenvalue weighted by Crippen LogP contribution is -2.62. The van der Waals surface area contributed by atoms with Gasteiger partial charge in [-0.2, -0.15) is 0 Å². The van der Waals surface area contributed by atoms with E-state index >= 15 is 0 Å². The number of benzene rings is 1. The summed E-state index contributed by atoms with van der Waals surface area (Å²) in [6.45, 7) is 11.7. The largest absolute Gasteiger partial charge is 0.508 e. The van der Waals surface area contributed by atoms with Crippen LogP contribution in [0, 0.1) is 17.3 Å². The van der Waals surface area contributed by atoms with E-state index in [1.165, 1.54) is 6.92 Å². The molecule has 8 atom stereocenters. The minimum absolute atomic E-state index is 0.0186. The highest BCUT2D eigenvalue weighted by molar-refractivity contribution is 9.10. The maximum Gasteiger partial charge on any atom is 0.313 e. The van der Waals surface area contributed by atoms with Crippen LogP contribution in [0.15, 0.2) is 34.0 Å². The lowest BCUT2D eigenvalue weighted by molar-refractivity contribution is -0.352. The Morgan fingerprint density at radius 1 is 1.14 bits per heavy atom. The molecule has 2 fully saturated rings. The Morgan fingerprint density at radius 3 is 2.52 bits per heavy atom. The van der Waals surface area contributed by atoms with E-state index in [1.54, 1.807) is 25.3 Å². The molecule has 1 aromatic rings. The molecule has 2 saturated heterocycles. The van der Waals surface area contributed by atoms with Crippen molar-refractivity contribution in [3.05, 3.63) is 39.6 Å². The number of cyclic esters (lactones) is 1. The van der Waals surface area contributed by atoms with E-state index < -0.39 is 41.5 Å². The average Bonchev–Trinajstić information content (AvgIpc) is 2.90. The summed E-state index contributed by atoms with van der Waals surface area (Å²) in [7, 11) is 1.65. The van der Waals surface area contributed by atoms with E-state index in [2.05, 4.69) is 36.7 Å². The summed E-state index contributed by atoms with van der Waals surface area (Å²) < 4.78 is 31.9. The number of rotatable bonds is 7. The summed E-state index contributed by atoms with van der Waals surface area (Å²) in [6, 6.07) is 5.13. The van der Waals surface area contributed by atoms with Crippen LogP contribution in [-0.2, 0) is 33.3 Å². The molecule has 0 radical (unpaired) electrons. The lowest BCUT2D eigenvalue weighted by atomic mass is 9.69. The summed E-state index contributed by atoms with van der Waals surface area (Å²) in [5.74, 6) is -1.71. The minimum atomic E-state index is -1.13. The molecule has 3 bridgehead atoms. The molecule has 9 nitrogen and oxygen atoms in total. The van der Waals surface area contributed by atoms with E-state index in [0.717, 1.165) is 22.0 Å². The van der Waals surface area contributed by atoms with Crippen molar-refractivity contribution in [1.82, 2.24) is 0 Å². The van der Waals surface area contributed by atoms with Crippen molar-refractivity contribution < 1.29 is 43.5 Å². The molecule has 3 aliphatic rings. The number of methoxy groups -OCH3 is 1. The second kappa shape index (κ2) is 12.8. The Bertz CT molecular complexity index is 1190. The number of phenolic OH excluding ortho intramolecular Hbond substituents is 1. The molecule has 0 unspecified atom stereocenters. The fourth-order valence-corrected chi connectivity index (χ4v) is 7.12. The zero-order valence-electron chi connectivity index (χ0n) is 25.6. The average molecular weight is 654 g/mol. The molecular formula is C32H45BrO9. The third-order valence-electron chi connectivity index (χ3n) is 9.24. The number of esters is 2. The van der Waals surface area contributed by atoms with Crippen LogP contribution in [0.2, 0.25) is 0 Å². The van der Waals surface area contributed by atoms with Gasteiger partial charge in [-0.3, -0.25) is 9.59 Å². The first-order chi connectivity index (χ1) is 19.7. The maximum absolute atomic E-state index is 13.1. The van der Waals surface area contributed by atoms with Gasteiger partial charge in [0.15, 0.2) is 0 Å². The van der Waals surface area contributed by atoms with Crippen LogP contribution in [0.4, 0.5) is 0 Å². The van der Waals surface area contributed by atoms with Crippen molar-refractivity contribution in [2.45, 2.75) is 116 Å². The molecular weight excluding hydrogens is 608 g/mol. The molecule has 0 amide bonds. The van der Waals surface area contributed by atoms with Crippen molar-refractivity contribution in [2.75, 3.05) is 7.11 Å². The van der Waals surface area contributed by atoms with E-state index in [1.807, 2.05) is 13.8 Å². The van der Waals surface area contributed by atoms with Gasteiger partial charge in [0.1, 0.15) is 30.1 Å². The van der Waals surface area contributed by atoms with Crippen LogP contribution in [0.3, 0.4) is 0 Å². The van der Waals surface area contributed by atoms with Gasteiger partial charge in [-0.1, -0.05) is 43.6 Å². The van der Waals surface area contributed by atoms with Crippen LogP contribution >= 0.6 is 15.9 Å². The molecule has 0 saturated carbocycles. The second-order valence-electron chi connectivity index (χ2n) is 12.9. The predicted molar refractivity (Wildman–Crippen MR) is 158 cm³/mol. The molecule has 0 aromatic heterocycles. The number of aliphatic hydroxyl groups is 1. The Balaban J connectivity index is 1.65. The number of carbonyl (C=O) groups excluding carboxylic acids is 2. The van der Waals surface area contributed by atoms with Crippen LogP contribution in [0.25, 0.3) is 0 Å². The highest BCUT2D eigenvalue weighted by Gasteiger charge is 2.60. The fourth-order valence-electron chi connectivity index (χ4n) is 6.62. The normalized spacial score (nSPS) is 31.9. The molecule has 3 aliphatic heterocycles. The molecule has 4 rings (SSSR count). The summed E-state index contributed by atoms with van der Waals surface area (Å²) in [5, 5.41) is 20.3. The summed E-state index contributed by atoms with van der Waals surface area (Å²) in [4.78, 5) is 26.0. The highest BCUT2D eigenvalue weighted by Crippen LogP contribution is 2.54. The first kappa shape index (κ1) is 32.8. The van der Waals surface area contributed by atoms with Crippen molar-refractivity contribution in [3.8, 4) is 5.75 Å². The Hall–Kier alpha value is -2.14. The molecule has 10 heteroatoms. The SMILES string of the molecule is CO[C@@H](CC[C@H](C)[C@H]1O[C@]23C[C@H](OC(=O)C[C@H]([C@@H](C)O)OC(=O)CC(=C(C)CC2(C)C)O3)[C@@H]1C)c1cc(O)ccc1Br. The number of hydrogen-bond acceptors (Lipinski definition) is 9. The van der Waals surface area contributed by atoms with E-state index in [9.17, 15) is 19.8 Å². The summed E-state index contributed by atoms with van der Waals surface area (Å²) in [6.07, 6.45) is -1.16. The third-order valence-corrected chi connectivity index (χ3v) is 9.96. The minimum Gasteiger partial charge on any atom is -0.508 e. The van der Waals surface area contributed by atoms with Crippen LogP contribution in [0.5, 0.6) is 5.75 Å². The van der Waals surface area contributed by atoms with Gasteiger partial charge in [0.25, 0.3) is 0 Å². The van der Waals surface area contributed by atoms with E-state index in [0.29, 0.717) is 25.0 Å². The van der Waals surface area contributed by atoms with Gasteiger partial charge in [0, 0.05) is 22.9 Å². The quantitative estimate of drug-likeness (QED) is 0.337. The van der Waals surface area contributed by atoms with Gasteiger partial charge in [0.2, 0.25) is 5.79 Å². The molecule has 2 N–H and O–H groups in total. The van der Waals surface area contributed by atoms with Crippen LogP contribution in [-0.4, -0.2) is 59.5 Å². The van der Waals surface area contributed by atoms with E-state index in [-0.39, 0.29) is 42.6 Å². The molecule has 42 heavy (non-hydrogen) atoms. The number of carbonyl (C=O) groups is 2. The first-order valence-corrected chi connectivity index (χ1v) is 15.6. The number of ether oxygens (including phenoxy) is 5. The van der Waals surface area contributed by atoms with Gasteiger partial charge < -0.3 is 33.9 Å². The molecule has 3 heterocycles. The maximum atomic E-state index is 13.1. The number of aromatic hydroxyl groups is 1. The summed E-state index contributed by atoms with van der Waals surface area (Å²) in [5.41, 5.74) is 1.32. The Morgan fingerprint density at radius 2 is 1.86 bits per heavy atom. The molecule has 0 aliphatic carbocycles. The number of phenols is 1. The zero-order valence-corrected chi connectivity index (χ0v) is 27.2. The lowest BCUT2D eigenvalue weighted by Gasteiger charge is -2.57. The van der Waals surface area contributed by atoms with Crippen molar-refractivity contribution in [1.29, 1.82) is 0 Å². The smallest absolute Gasteiger partial charge is 0.313 e. The third kappa shape index (κ3) is 6.82. The van der Waals surface area contributed by atoms with Crippen molar-refractivity contribution >= 4 is 27.9 Å². The standard InChI is InChI=1S/C32H45BrO9/c1-17(8-11-24(38-7)22-12-21(35)9-10-23(22)33)30-19(3)27-16-32(42-30)31(5,6)15-18(2)25(41-32)13-28(36)39-26(20(4)34)14-29(37)40-27/h9-10,12,17,19-20,24,26-27,30,34-35H,8,11,13-16H2,1-7H3/t17-,19-,20+,24-,26+,27-,30+,32+/m0/s1. The number of allylic oxidation sites excluding steroid dienone is 1. The second-order valence-corrected chi connectivity index (χ2v) is 13.8. The van der Waals surface area contributed by atoms with Crippen LogP contribution in [0.1, 0.15) is 91.7 Å². The van der Waals surface area contributed by atoms with Gasteiger partial charge in [-0.05, 0) is 68.4 Å². The highest BCUT2D eigenvalue weighted by atomic mass is 79.9. The van der Waals surface area contributed by atoms with E-state index in [4.69, 9.17) is 23.7 Å². The number of hydrogen-bond donors (Lipinski definition) is 2. The number of aliphatic hydroxyl groups excluding tert-OH is 1. The topological polar surface area (TPSA) is 121 Å². The Labute approximate surface area is 257 Å². The van der Waals surface area contributed by atoms with Crippen LogP contribution < -0.4 is 0 Å². The molecule has 234 valence electrons. The fraction of sp³-hybridized carbons (Fsp3) is 0.688. The summed E-state index contributed by atoms with van der Waals surface area (Å²) >= 11 is 3.57. The zero-order chi connectivity index (χ0) is 31.0. The first-order valence-electron chi connectivity index (χ1n) is 14.8. The van der Waals surface area contributed by atoms with Gasteiger partial charge in [-0.15, -0.1) is 0 Å². The van der Waals surface area contributed by atoms with Gasteiger partial charge >= 0.3 is 11.9 Å². The monoisotopic (exact) mass is 652 g/mol. The van der Waals surface area contributed by atoms with Gasteiger partial charge in [-0.25, -0.2) is 0 Å². The van der Waals surface area contributed by atoms with Gasteiger partial charge in [0.05, 0.1) is 31.2 Å². The predicted octanol–water partition coefficient (Wildman–Crippen LogP) is 6.10.